The average molecular weight is 744 g/mol. The Morgan fingerprint density at radius 1 is 0.660 bits per heavy atom. The number of rotatable bonds is 31. The zero-order valence-electron chi connectivity index (χ0n) is 32.7. The summed E-state index contributed by atoms with van der Waals surface area (Å²) >= 11 is 0. The van der Waals surface area contributed by atoms with Crippen LogP contribution in [-0.2, 0) is 14.3 Å². The highest BCUT2D eigenvalue weighted by atomic mass is 16.7. The lowest BCUT2D eigenvalue weighted by Crippen LogP contribution is -2.60. The summed E-state index contributed by atoms with van der Waals surface area (Å²) < 4.78 is 11.1. The largest absolute Gasteiger partial charge is 0.394 e. The molecule has 302 valence electrons. The van der Waals surface area contributed by atoms with Crippen molar-refractivity contribution in [1.82, 2.24) is 5.32 Å². The van der Waals surface area contributed by atoms with Gasteiger partial charge < -0.3 is 40.3 Å². The molecule has 1 aliphatic heterocycles. The highest BCUT2D eigenvalue weighted by Crippen LogP contribution is 2.22. The first-order valence-electron chi connectivity index (χ1n) is 20.3. The molecule has 0 aromatic rings. The molecule has 0 spiro atoms. The van der Waals surface area contributed by atoms with Crippen molar-refractivity contribution < 1.29 is 39.8 Å². The normalized spacial score (nSPS) is 22.6. The molecule has 1 aliphatic rings. The smallest absolute Gasteiger partial charge is 0.220 e. The van der Waals surface area contributed by atoms with Gasteiger partial charge in [0.15, 0.2) is 6.29 Å². The van der Waals surface area contributed by atoms with Crippen LogP contribution in [0.1, 0.15) is 129 Å². The Labute approximate surface area is 321 Å². The third-order valence-corrected chi connectivity index (χ3v) is 9.01. The van der Waals surface area contributed by atoms with Crippen LogP contribution < -0.4 is 5.32 Å². The van der Waals surface area contributed by atoms with Gasteiger partial charge in [0.1, 0.15) is 24.4 Å². The Balaban J connectivity index is 2.36. The van der Waals surface area contributed by atoms with E-state index in [1.807, 2.05) is 0 Å². The van der Waals surface area contributed by atoms with E-state index in [-0.39, 0.29) is 18.9 Å². The average Bonchev–Trinajstić information content (AvgIpc) is 3.16. The number of amides is 1. The number of nitrogens with one attached hydrogen (secondary N) is 1. The van der Waals surface area contributed by atoms with Gasteiger partial charge in [-0.15, -0.1) is 0 Å². The molecule has 1 rings (SSSR count). The highest BCUT2D eigenvalue weighted by Gasteiger charge is 2.44. The first kappa shape index (κ1) is 48.4. The topological polar surface area (TPSA) is 149 Å². The zero-order valence-corrected chi connectivity index (χ0v) is 32.7. The van der Waals surface area contributed by atoms with Crippen LogP contribution in [0.4, 0.5) is 0 Å². The second-order valence-electron chi connectivity index (χ2n) is 13.7. The maximum Gasteiger partial charge on any atom is 0.220 e. The molecule has 9 nitrogen and oxygen atoms in total. The van der Waals surface area contributed by atoms with Crippen LogP contribution in [0.3, 0.4) is 0 Å². The Hall–Kier alpha value is -2.63. The van der Waals surface area contributed by atoms with E-state index in [1.54, 1.807) is 0 Å². The van der Waals surface area contributed by atoms with Crippen LogP contribution in [0.5, 0.6) is 0 Å². The molecule has 1 heterocycles. The minimum absolute atomic E-state index is 0.169. The molecule has 7 unspecified atom stereocenters. The van der Waals surface area contributed by atoms with Crippen molar-refractivity contribution >= 4 is 5.91 Å². The minimum atomic E-state index is -1.57. The quantitative estimate of drug-likeness (QED) is 0.0314. The number of allylic oxidation sites excluding steroid dienone is 14. The maximum absolute atomic E-state index is 12.8. The van der Waals surface area contributed by atoms with Crippen LogP contribution in [0.25, 0.3) is 0 Å². The molecule has 0 radical (unpaired) electrons. The molecule has 0 bridgehead atoms. The lowest BCUT2D eigenvalue weighted by atomic mass is 9.99. The van der Waals surface area contributed by atoms with Gasteiger partial charge in [0.25, 0.3) is 0 Å². The summed E-state index contributed by atoms with van der Waals surface area (Å²) in [5.74, 6) is -0.212. The Kier molecular flexibility index (Phi) is 31.0. The number of hydrogen-bond donors (Lipinski definition) is 6. The SMILES string of the molecule is CC/C=C\C/C=C\C/C=C\C/C=C\C/C=C\C/C=C\C/C=C\CCCC(=O)NC(COC1OC(CO)C(O)C(O)C1O)C(O)CCCCCCCCC. The van der Waals surface area contributed by atoms with Crippen molar-refractivity contribution in [3.05, 3.63) is 85.1 Å². The van der Waals surface area contributed by atoms with E-state index in [9.17, 15) is 30.3 Å². The minimum Gasteiger partial charge on any atom is -0.394 e. The molecular weight excluding hydrogens is 670 g/mol. The van der Waals surface area contributed by atoms with E-state index in [4.69, 9.17) is 9.47 Å². The molecule has 6 N–H and O–H groups in total. The van der Waals surface area contributed by atoms with Gasteiger partial charge >= 0.3 is 0 Å². The molecule has 1 fully saturated rings. The van der Waals surface area contributed by atoms with Crippen LogP contribution >= 0.6 is 0 Å². The van der Waals surface area contributed by atoms with Gasteiger partial charge in [-0.05, 0) is 64.2 Å². The van der Waals surface area contributed by atoms with Gasteiger partial charge in [-0.3, -0.25) is 4.79 Å². The predicted octanol–water partition coefficient (Wildman–Crippen LogP) is 7.60. The first-order chi connectivity index (χ1) is 25.8. The summed E-state index contributed by atoms with van der Waals surface area (Å²) in [4.78, 5) is 12.8. The van der Waals surface area contributed by atoms with Crippen LogP contribution in [0.2, 0.25) is 0 Å². The van der Waals surface area contributed by atoms with Crippen LogP contribution in [0, 0.1) is 0 Å². The van der Waals surface area contributed by atoms with Crippen LogP contribution in [-0.4, -0.2) is 87.5 Å². The summed E-state index contributed by atoms with van der Waals surface area (Å²) in [5.41, 5.74) is 0. The molecule has 0 aromatic carbocycles. The summed E-state index contributed by atoms with van der Waals surface area (Å²) in [6.07, 6.45) is 39.0. The number of aliphatic hydroxyl groups is 5. The molecule has 7 atom stereocenters. The lowest BCUT2D eigenvalue weighted by Gasteiger charge is -2.40. The molecule has 9 heteroatoms. The number of hydrogen-bond acceptors (Lipinski definition) is 8. The zero-order chi connectivity index (χ0) is 38.8. The molecule has 0 aromatic heterocycles. The van der Waals surface area contributed by atoms with Crippen molar-refractivity contribution in [2.45, 2.75) is 172 Å². The van der Waals surface area contributed by atoms with Gasteiger partial charge in [0.05, 0.1) is 25.4 Å². The van der Waals surface area contributed by atoms with E-state index in [0.29, 0.717) is 12.8 Å². The number of carbonyl (C=O) groups is 1. The van der Waals surface area contributed by atoms with Gasteiger partial charge in [0, 0.05) is 6.42 Å². The monoisotopic (exact) mass is 744 g/mol. The summed E-state index contributed by atoms with van der Waals surface area (Å²) in [7, 11) is 0. The summed E-state index contributed by atoms with van der Waals surface area (Å²) in [6.45, 7) is 3.59. The van der Waals surface area contributed by atoms with Gasteiger partial charge in [0.2, 0.25) is 5.91 Å². The Morgan fingerprint density at radius 2 is 1.15 bits per heavy atom. The standard InChI is InChI=1S/C44H73NO8/c1-3-5-7-9-11-12-13-14-15-16-17-18-19-20-21-22-23-24-25-26-28-30-32-34-40(48)45-37(38(47)33-31-29-27-10-8-6-4-2)36-52-44-43(51)42(50)41(49)39(35-46)53-44/h5,7,11-12,14-15,17-18,20-21,23-24,26,28,37-39,41-44,46-47,49-51H,3-4,6,8-10,13,16,19,22,25,27,29-36H2,1-2H3,(H,45,48)/b7-5-,12-11-,15-14-,18-17-,21-20-,24-23-,28-26-. The Bertz CT molecular complexity index is 1090. The second-order valence-corrected chi connectivity index (χ2v) is 13.7. The molecule has 0 saturated carbocycles. The van der Waals surface area contributed by atoms with E-state index in [0.717, 1.165) is 70.6 Å². The first-order valence-corrected chi connectivity index (χ1v) is 20.3. The fourth-order valence-corrected chi connectivity index (χ4v) is 5.73. The lowest BCUT2D eigenvalue weighted by molar-refractivity contribution is -0.302. The van der Waals surface area contributed by atoms with Crippen molar-refractivity contribution in [2.24, 2.45) is 0 Å². The number of aliphatic hydroxyl groups excluding tert-OH is 5. The number of carbonyl (C=O) groups excluding carboxylic acids is 1. The van der Waals surface area contributed by atoms with Crippen LogP contribution in [0.15, 0.2) is 85.1 Å². The van der Waals surface area contributed by atoms with E-state index in [1.165, 1.54) is 25.7 Å². The predicted molar refractivity (Wildman–Crippen MR) is 216 cm³/mol. The molecule has 53 heavy (non-hydrogen) atoms. The second kappa shape index (κ2) is 33.9. The number of unbranched alkanes of at least 4 members (excludes halogenated alkanes) is 7. The molecule has 1 amide bonds. The van der Waals surface area contributed by atoms with Crippen molar-refractivity contribution in [3.8, 4) is 0 Å². The molecule has 0 aliphatic carbocycles. The van der Waals surface area contributed by atoms with E-state index >= 15 is 0 Å². The van der Waals surface area contributed by atoms with Crippen molar-refractivity contribution in [1.29, 1.82) is 0 Å². The molecular formula is C44H73NO8. The van der Waals surface area contributed by atoms with E-state index in [2.05, 4.69) is 104 Å². The third-order valence-electron chi connectivity index (χ3n) is 9.01. The highest BCUT2D eigenvalue weighted by molar-refractivity contribution is 5.76. The molecule has 1 saturated heterocycles. The number of ether oxygens (including phenoxy) is 2. The van der Waals surface area contributed by atoms with Gasteiger partial charge in [-0.1, -0.05) is 144 Å². The summed E-state index contributed by atoms with van der Waals surface area (Å²) in [5, 5.41) is 53.9. The van der Waals surface area contributed by atoms with E-state index < -0.39 is 49.5 Å². The van der Waals surface area contributed by atoms with Crippen molar-refractivity contribution in [3.63, 3.8) is 0 Å². The fraction of sp³-hybridized carbons (Fsp3) is 0.659. The third kappa shape index (κ3) is 25.1. The fourth-order valence-electron chi connectivity index (χ4n) is 5.73. The maximum atomic E-state index is 12.8. The Morgan fingerprint density at radius 3 is 1.66 bits per heavy atom. The van der Waals surface area contributed by atoms with Gasteiger partial charge in [-0.2, -0.15) is 0 Å². The van der Waals surface area contributed by atoms with Crippen molar-refractivity contribution in [2.75, 3.05) is 13.2 Å². The summed E-state index contributed by atoms with van der Waals surface area (Å²) in [6, 6.07) is -0.751. The van der Waals surface area contributed by atoms with Gasteiger partial charge in [-0.25, -0.2) is 0 Å².